The zero-order chi connectivity index (χ0) is 23.2. The monoisotopic (exact) mass is 446 g/mol. The molecule has 2 aromatic rings. The number of amides is 2. The molecule has 5 heteroatoms. The third-order valence-corrected chi connectivity index (χ3v) is 8.43. The molecule has 1 aliphatic carbocycles. The van der Waals surface area contributed by atoms with Crippen molar-refractivity contribution in [1.29, 1.82) is 0 Å². The van der Waals surface area contributed by atoms with Gasteiger partial charge in [0.25, 0.3) is 5.91 Å². The SMILES string of the molecule is COc1ccccc1C(=O)N1[C@H]2CCCC[C@H]3N(C(C)=O)[C@H](Cc4ccccc4)[C@@H]1C[C@@]23C. The van der Waals surface area contributed by atoms with Gasteiger partial charge >= 0.3 is 0 Å². The van der Waals surface area contributed by atoms with E-state index in [0.717, 1.165) is 38.5 Å². The summed E-state index contributed by atoms with van der Waals surface area (Å²) in [5.74, 6) is 0.779. The average molecular weight is 447 g/mol. The molecule has 1 saturated carbocycles. The molecule has 3 fully saturated rings. The lowest BCUT2D eigenvalue weighted by molar-refractivity contribution is -0.141. The van der Waals surface area contributed by atoms with Crippen molar-refractivity contribution in [3.63, 3.8) is 0 Å². The highest BCUT2D eigenvalue weighted by Gasteiger charge is 2.63. The first-order valence-electron chi connectivity index (χ1n) is 12.2. The van der Waals surface area contributed by atoms with Gasteiger partial charge in [-0.25, -0.2) is 0 Å². The molecule has 2 heterocycles. The molecule has 3 aliphatic rings. The molecule has 2 aliphatic heterocycles. The summed E-state index contributed by atoms with van der Waals surface area (Å²) < 4.78 is 5.56. The van der Waals surface area contributed by atoms with Gasteiger partial charge in [-0.05, 0) is 43.4 Å². The van der Waals surface area contributed by atoms with E-state index in [4.69, 9.17) is 4.74 Å². The number of methoxy groups -OCH3 is 1. The van der Waals surface area contributed by atoms with Gasteiger partial charge in [-0.15, -0.1) is 0 Å². The van der Waals surface area contributed by atoms with Crippen molar-refractivity contribution in [1.82, 2.24) is 9.80 Å². The number of fused-ring (bicyclic) bond motifs is 1. The highest BCUT2D eigenvalue weighted by Crippen LogP contribution is 2.56. The van der Waals surface area contributed by atoms with Crippen LogP contribution in [0.2, 0.25) is 0 Å². The zero-order valence-electron chi connectivity index (χ0n) is 19.9. The van der Waals surface area contributed by atoms with Gasteiger partial charge in [0.2, 0.25) is 5.91 Å². The number of carbonyl (C=O) groups is 2. The first-order chi connectivity index (χ1) is 16.0. The summed E-state index contributed by atoms with van der Waals surface area (Å²) in [5.41, 5.74) is 1.74. The predicted molar refractivity (Wildman–Crippen MR) is 128 cm³/mol. The molecule has 0 spiro atoms. The lowest BCUT2D eigenvalue weighted by atomic mass is 9.69. The van der Waals surface area contributed by atoms with E-state index in [1.54, 1.807) is 14.0 Å². The number of piperidine rings is 1. The maximum atomic E-state index is 14.1. The van der Waals surface area contributed by atoms with Crippen molar-refractivity contribution >= 4 is 11.8 Å². The standard InChI is InChI=1S/C28H34N2O3/c1-19(31)29-22(17-20-11-5-4-6-12-20)23-18-28(2)25(29)15-9-10-16-26(28)30(23)27(32)21-13-7-8-14-24(21)33-3/h4-8,11-14,22-23,25-26H,9-10,15-18H2,1-3H3/t22-,23+,25-,26+,28-/m1/s1. The molecule has 33 heavy (non-hydrogen) atoms. The van der Waals surface area contributed by atoms with E-state index >= 15 is 0 Å². The molecule has 5 rings (SSSR count). The maximum Gasteiger partial charge on any atom is 0.258 e. The van der Waals surface area contributed by atoms with Crippen molar-refractivity contribution in [2.24, 2.45) is 5.41 Å². The van der Waals surface area contributed by atoms with Crippen LogP contribution in [0.4, 0.5) is 0 Å². The minimum atomic E-state index is -0.0856. The molecule has 5 nitrogen and oxygen atoms in total. The normalized spacial score (nSPS) is 30.6. The third-order valence-electron chi connectivity index (χ3n) is 8.43. The summed E-state index contributed by atoms with van der Waals surface area (Å²) in [6, 6.07) is 18.2. The van der Waals surface area contributed by atoms with E-state index in [0.29, 0.717) is 11.3 Å². The summed E-state index contributed by atoms with van der Waals surface area (Å²) in [5, 5.41) is 0. The molecule has 2 aromatic carbocycles. The van der Waals surface area contributed by atoms with Crippen molar-refractivity contribution < 1.29 is 14.3 Å². The molecule has 2 saturated heterocycles. The second-order valence-electron chi connectivity index (χ2n) is 10.2. The van der Waals surface area contributed by atoms with Gasteiger partial charge in [0.1, 0.15) is 5.75 Å². The lowest BCUT2D eigenvalue weighted by Gasteiger charge is -2.50. The molecule has 0 radical (unpaired) electrons. The van der Waals surface area contributed by atoms with Crippen LogP contribution in [-0.4, -0.2) is 52.9 Å². The Kier molecular flexibility index (Phi) is 5.67. The fraction of sp³-hybridized carbons (Fsp3) is 0.500. The summed E-state index contributed by atoms with van der Waals surface area (Å²) in [6.45, 7) is 4.03. The number of ether oxygens (including phenoxy) is 1. The van der Waals surface area contributed by atoms with E-state index < -0.39 is 0 Å². The van der Waals surface area contributed by atoms with Crippen LogP contribution in [-0.2, 0) is 11.2 Å². The summed E-state index contributed by atoms with van der Waals surface area (Å²) in [7, 11) is 1.62. The van der Waals surface area contributed by atoms with E-state index in [1.165, 1.54) is 5.56 Å². The first kappa shape index (κ1) is 22.0. The Morgan fingerprint density at radius 3 is 2.27 bits per heavy atom. The van der Waals surface area contributed by atoms with Gasteiger partial charge < -0.3 is 14.5 Å². The second-order valence-corrected chi connectivity index (χ2v) is 10.2. The number of hydrogen-bond acceptors (Lipinski definition) is 3. The largest absolute Gasteiger partial charge is 0.496 e. The second kappa shape index (κ2) is 8.51. The molecule has 2 amide bonds. The fourth-order valence-corrected chi connectivity index (χ4v) is 7.06. The Balaban J connectivity index is 1.62. The predicted octanol–water partition coefficient (Wildman–Crippen LogP) is 4.70. The quantitative estimate of drug-likeness (QED) is 0.684. The van der Waals surface area contributed by atoms with Crippen molar-refractivity contribution in [2.75, 3.05) is 7.11 Å². The van der Waals surface area contributed by atoms with Crippen LogP contribution in [0.5, 0.6) is 5.75 Å². The Morgan fingerprint density at radius 1 is 0.970 bits per heavy atom. The number of hydrogen-bond donors (Lipinski definition) is 0. The fourth-order valence-electron chi connectivity index (χ4n) is 7.06. The Bertz CT molecular complexity index is 1040. The van der Waals surface area contributed by atoms with Crippen LogP contribution < -0.4 is 4.74 Å². The summed E-state index contributed by atoms with van der Waals surface area (Å²) >= 11 is 0. The van der Waals surface area contributed by atoms with Crippen molar-refractivity contribution in [3.8, 4) is 5.75 Å². The Hall–Kier alpha value is -2.82. The molecule has 0 aromatic heterocycles. The molecule has 0 N–H and O–H groups in total. The van der Waals surface area contributed by atoms with Gasteiger partial charge in [-0.2, -0.15) is 0 Å². The topological polar surface area (TPSA) is 49.9 Å². The molecule has 0 unspecified atom stereocenters. The van der Waals surface area contributed by atoms with Gasteiger partial charge in [0.05, 0.1) is 24.8 Å². The van der Waals surface area contributed by atoms with Crippen LogP contribution in [0.3, 0.4) is 0 Å². The van der Waals surface area contributed by atoms with Crippen LogP contribution in [0.1, 0.15) is 61.9 Å². The van der Waals surface area contributed by atoms with E-state index in [9.17, 15) is 9.59 Å². The van der Waals surface area contributed by atoms with Crippen LogP contribution in [0.15, 0.2) is 54.6 Å². The van der Waals surface area contributed by atoms with E-state index in [-0.39, 0.29) is 41.4 Å². The highest BCUT2D eigenvalue weighted by atomic mass is 16.5. The Labute approximate surface area is 196 Å². The number of likely N-dealkylation sites (tertiary alicyclic amines) is 2. The van der Waals surface area contributed by atoms with Crippen molar-refractivity contribution in [2.45, 2.75) is 76.5 Å². The highest BCUT2D eigenvalue weighted by molar-refractivity contribution is 5.98. The zero-order valence-corrected chi connectivity index (χ0v) is 19.9. The van der Waals surface area contributed by atoms with Crippen LogP contribution in [0.25, 0.3) is 0 Å². The number of carbonyl (C=O) groups excluding carboxylic acids is 2. The van der Waals surface area contributed by atoms with Crippen LogP contribution in [0, 0.1) is 5.41 Å². The molecular weight excluding hydrogens is 412 g/mol. The first-order valence-corrected chi connectivity index (χ1v) is 12.2. The average Bonchev–Trinajstić information content (AvgIpc) is 2.97. The minimum Gasteiger partial charge on any atom is -0.496 e. The van der Waals surface area contributed by atoms with Crippen molar-refractivity contribution in [3.05, 3.63) is 65.7 Å². The number of nitrogens with zero attached hydrogens (tertiary/aromatic N) is 2. The summed E-state index contributed by atoms with van der Waals surface area (Å²) in [4.78, 5) is 31.6. The van der Waals surface area contributed by atoms with Gasteiger partial charge in [0, 0.05) is 24.4 Å². The maximum absolute atomic E-state index is 14.1. The van der Waals surface area contributed by atoms with E-state index in [2.05, 4.69) is 41.0 Å². The van der Waals surface area contributed by atoms with Gasteiger partial charge in [-0.1, -0.05) is 62.2 Å². The molecule has 174 valence electrons. The third kappa shape index (κ3) is 3.53. The number of benzene rings is 2. The Morgan fingerprint density at radius 2 is 1.61 bits per heavy atom. The molecular formula is C28H34N2O3. The molecule has 2 bridgehead atoms. The summed E-state index contributed by atoms with van der Waals surface area (Å²) in [6.07, 6.45) is 5.91. The van der Waals surface area contributed by atoms with Gasteiger partial charge in [-0.3, -0.25) is 9.59 Å². The minimum absolute atomic E-state index is 0.00383. The van der Waals surface area contributed by atoms with E-state index in [1.807, 2.05) is 30.3 Å². The molecule has 5 atom stereocenters. The number of rotatable bonds is 4. The van der Waals surface area contributed by atoms with Crippen LogP contribution >= 0.6 is 0 Å². The van der Waals surface area contributed by atoms with Gasteiger partial charge in [0.15, 0.2) is 0 Å². The smallest absolute Gasteiger partial charge is 0.258 e. The lowest BCUT2D eigenvalue weighted by Crippen LogP contribution is -2.61. The number of para-hydroxylation sites is 1.